The predicted molar refractivity (Wildman–Crippen MR) is 208 cm³/mol. The molecule has 5 rings (SSSR count). The van der Waals surface area contributed by atoms with Gasteiger partial charge in [-0.05, 0) is 76.6 Å². The molecule has 0 aliphatic heterocycles. The Bertz CT molecular complexity index is 1910. The second kappa shape index (κ2) is 16.4. The van der Waals surface area contributed by atoms with E-state index in [-0.39, 0.29) is 11.5 Å². The second-order valence-electron chi connectivity index (χ2n) is 12.5. The summed E-state index contributed by atoms with van der Waals surface area (Å²) < 4.78 is 39.1. The van der Waals surface area contributed by atoms with Gasteiger partial charge in [-0.15, -0.1) is 0 Å². The van der Waals surface area contributed by atoms with E-state index in [2.05, 4.69) is 51.3 Å². The van der Waals surface area contributed by atoms with Crippen LogP contribution in [0.2, 0.25) is 0 Å². The number of carbonyl (C=O) groups excluding carboxylic acids is 2. The molecule has 0 spiro atoms. The molecule has 0 N–H and O–H groups in total. The van der Waals surface area contributed by atoms with Gasteiger partial charge < -0.3 is 28.4 Å². The number of esters is 2. The summed E-state index contributed by atoms with van der Waals surface area (Å²) in [5.41, 5.74) is 6.42. The monoisotopic (exact) mass is 718 g/mol. The molecule has 8 nitrogen and oxygen atoms in total. The number of hydrogen-bond acceptors (Lipinski definition) is 8. The van der Waals surface area contributed by atoms with Gasteiger partial charge in [0.05, 0.1) is 43.0 Å². The maximum atomic E-state index is 13.5. The Balaban J connectivity index is 2.28. The summed E-state index contributed by atoms with van der Waals surface area (Å²) in [6.07, 6.45) is 3.39. The Kier molecular flexibility index (Phi) is 12.0. The third kappa shape index (κ3) is 6.34. The highest BCUT2D eigenvalue weighted by atomic mass is 16.6. The highest BCUT2D eigenvalue weighted by molar-refractivity contribution is 5.94. The van der Waals surface area contributed by atoms with E-state index in [1.807, 2.05) is 65.8 Å². The Hall–Kier alpha value is -5.50. The van der Waals surface area contributed by atoms with Crippen LogP contribution in [0.1, 0.15) is 86.1 Å². The van der Waals surface area contributed by atoms with E-state index in [4.69, 9.17) is 28.4 Å². The SMILES string of the molecule is C=CC(=O)Oc1c(OCC)c(C)c(CC)c(OCC)c1C1(c2c(OCC)c(CC)c(C)c(OCC)c2OC(=O)C=C)c2ccccc2-c2ccccc21. The quantitative estimate of drug-likeness (QED) is 0.0566. The van der Waals surface area contributed by atoms with Crippen molar-refractivity contribution in [3.05, 3.63) is 118 Å². The molecule has 1 aliphatic carbocycles. The lowest BCUT2D eigenvalue weighted by Crippen LogP contribution is -2.33. The molecule has 0 saturated heterocycles. The van der Waals surface area contributed by atoms with Gasteiger partial charge in [-0.25, -0.2) is 9.59 Å². The molecule has 4 aromatic carbocycles. The largest absolute Gasteiger partial charge is 0.493 e. The third-order valence-electron chi connectivity index (χ3n) is 9.76. The Morgan fingerprint density at radius 3 is 1.21 bits per heavy atom. The first kappa shape index (κ1) is 38.7. The molecule has 0 atom stereocenters. The first-order valence-electron chi connectivity index (χ1n) is 18.4. The van der Waals surface area contributed by atoms with Crippen LogP contribution in [0.5, 0.6) is 34.5 Å². The van der Waals surface area contributed by atoms with Crippen molar-refractivity contribution in [2.24, 2.45) is 0 Å². The van der Waals surface area contributed by atoms with Gasteiger partial charge >= 0.3 is 11.9 Å². The van der Waals surface area contributed by atoms with Crippen molar-refractivity contribution in [2.45, 2.75) is 73.6 Å². The topological polar surface area (TPSA) is 89.5 Å². The zero-order chi connectivity index (χ0) is 38.4. The van der Waals surface area contributed by atoms with E-state index in [0.29, 0.717) is 73.4 Å². The number of benzene rings is 4. The minimum atomic E-state index is -1.41. The van der Waals surface area contributed by atoms with Gasteiger partial charge in [0, 0.05) is 34.4 Å². The molecule has 0 fully saturated rings. The van der Waals surface area contributed by atoms with E-state index in [0.717, 1.165) is 56.7 Å². The Morgan fingerprint density at radius 2 is 0.887 bits per heavy atom. The second-order valence-corrected chi connectivity index (χ2v) is 12.5. The van der Waals surface area contributed by atoms with Crippen molar-refractivity contribution in [3.63, 3.8) is 0 Å². The summed E-state index contributed by atoms with van der Waals surface area (Å²) in [7, 11) is 0. The first-order chi connectivity index (χ1) is 25.7. The molecule has 0 heterocycles. The molecule has 0 aromatic heterocycles. The summed E-state index contributed by atoms with van der Waals surface area (Å²) in [5.74, 6) is 0.824. The van der Waals surface area contributed by atoms with Gasteiger partial charge in [-0.2, -0.15) is 0 Å². The van der Waals surface area contributed by atoms with Gasteiger partial charge in [-0.3, -0.25) is 0 Å². The van der Waals surface area contributed by atoms with Crippen LogP contribution < -0.4 is 28.4 Å². The van der Waals surface area contributed by atoms with Gasteiger partial charge in [0.1, 0.15) is 11.5 Å². The van der Waals surface area contributed by atoms with Gasteiger partial charge in [0.15, 0.2) is 23.0 Å². The van der Waals surface area contributed by atoms with Crippen molar-refractivity contribution >= 4 is 11.9 Å². The summed E-state index contributed by atoms with van der Waals surface area (Å²) in [6.45, 7) is 24.3. The van der Waals surface area contributed by atoms with Crippen LogP contribution in [0, 0.1) is 13.8 Å². The van der Waals surface area contributed by atoms with Crippen LogP contribution in [-0.4, -0.2) is 38.4 Å². The molecule has 0 amide bonds. The molecule has 4 aromatic rings. The average Bonchev–Trinajstić information content (AvgIpc) is 3.45. The first-order valence-corrected chi connectivity index (χ1v) is 18.4. The van der Waals surface area contributed by atoms with Gasteiger partial charge in [-0.1, -0.05) is 75.5 Å². The van der Waals surface area contributed by atoms with E-state index >= 15 is 0 Å². The van der Waals surface area contributed by atoms with Crippen molar-refractivity contribution in [2.75, 3.05) is 26.4 Å². The fourth-order valence-corrected chi connectivity index (χ4v) is 7.84. The van der Waals surface area contributed by atoms with Gasteiger partial charge in [0.2, 0.25) is 0 Å². The average molecular weight is 719 g/mol. The molecule has 8 heteroatoms. The lowest BCUT2D eigenvalue weighted by molar-refractivity contribution is -0.130. The fourth-order valence-electron chi connectivity index (χ4n) is 7.84. The standard InChI is InChI=1S/C45H50O8/c1-11-29-27(9)39(48-15-5)43(52-35(46)13-3)37(41(29)50-17-7)45(33-25-21-19-23-31(33)32-24-20-22-26-34(32)45)38-42(51-18-8)30(12-2)28(10)40(49-16-6)44(38)53-36(47)14-4/h13-14,19-26H,3-4,11-12,15-18H2,1-2,5-10H3. The molecule has 1 aliphatic rings. The highest BCUT2D eigenvalue weighted by Gasteiger charge is 2.55. The Labute approximate surface area is 313 Å². The molecule has 0 bridgehead atoms. The maximum absolute atomic E-state index is 13.5. The zero-order valence-electron chi connectivity index (χ0n) is 32.2. The van der Waals surface area contributed by atoms with Crippen LogP contribution >= 0.6 is 0 Å². The minimum Gasteiger partial charge on any atom is -0.493 e. The third-order valence-corrected chi connectivity index (χ3v) is 9.76. The van der Waals surface area contributed by atoms with Crippen LogP contribution in [0.3, 0.4) is 0 Å². The molecule has 0 saturated carbocycles. The molecular weight excluding hydrogens is 668 g/mol. The molecule has 0 radical (unpaired) electrons. The van der Waals surface area contributed by atoms with Crippen molar-refractivity contribution in [3.8, 4) is 45.6 Å². The number of fused-ring (bicyclic) bond motifs is 3. The van der Waals surface area contributed by atoms with Crippen LogP contribution in [0.25, 0.3) is 11.1 Å². The number of rotatable bonds is 16. The maximum Gasteiger partial charge on any atom is 0.335 e. The molecule has 278 valence electrons. The number of hydrogen-bond donors (Lipinski definition) is 0. The molecule has 53 heavy (non-hydrogen) atoms. The van der Waals surface area contributed by atoms with Crippen molar-refractivity contribution in [1.82, 2.24) is 0 Å². The smallest absolute Gasteiger partial charge is 0.335 e. The summed E-state index contributed by atoms with van der Waals surface area (Å²) in [5, 5.41) is 0. The predicted octanol–water partition coefficient (Wildman–Crippen LogP) is 9.57. The molecular formula is C45H50O8. The normalized spacial score (nSPS) is 12.3. The summed E-state index contributed by atoms with van der Waals surface area (Å²) in [4.78, 5) is 27.0. The van der Waals surface area contributed by atoms with Crippen LogP contribution in [0.4, 0.5) is 0 Å². The van der Waals surface area contributed by atoms with E-state index in [9.17, 15) is 9.59 Å². The fraction of sp³-hybridized carbons (Fsp3) is 0.333. The lowest BCUT2D eigenvalue weighted by atomic mass is 9.64. The van der Waals surface area contributed by atoms with Crippen LogP contribution in [-0.2, 0) is 27.8 Å². The molecule has 0 unspecified atom stereocenters. The number of ether oxygens (including phenoxy) is 6. The minimum absolute atomic E-state index is 0.168. The van der Waals surface area contributed by atoms with E-state index < -0.39 is 17.4 Å². The van der Waals surface area contributed by atoms with Crippen molar-refractivity contribution < 1.29 is 38.0 Å². The van der Waals surface area contributed by atoms with Crippen molar-refractivity contribution in [1.29, 1.82) is 0 Å². The Morgan fingerprint density at radius 1 is 0.547 bits per heavy atom. The zero-order valence-corrected chi connectivity index (χ0v) is 32.2. The van der Waals surface area contributed by atoms with E-state index in [1.165, 1.54) is 0 Å². The lowest BCUT2D eigenvalue weighted by Gasteiger charge is -2.40. The number of carbonyl (C=O) groups is 2. The summed E-state index contributed by atoms with van der Waals surface area (Å²) in [6, 6.07) is 16.2. The van der Waals surface area contributed by atoms with Crippen LogP contribution in [0.15, 0.2) is 73.8 Å². The summed E-state index contributed by atoms with van der Waals surface area (Å²) >= 11 is 0. The van der Waals surface area contributed by atoms with E-state index in [1.54, 1.807) is 0 Å². The highest BCUT2D eigenvalue weighted by Crippen LogP contribution is 2.67. The van der Waals surface area contributed by atoms with Gasteiger partial charge in [0.25, 0.3) is 0 Å².